The Morgan fingerprint density at radius 3 is 2.74 bits per heavy atom. The van der Waals surface area contributed by atoms with Crippen molar-refractivity contribution < 1.29 is 9.53 Å². The fraction of sp³-hybridized carbons (Fsp3) is 0.357. The molecule has 19 heavy (non-hydrogen) atoms. The second-order valence-corrected chi connectivity index (χ2v) is 5.33. The molecule has 0 aliphatic heterocycles. The summed E-state index contributed by atoms with van der Waals surface area (Å²) in [6.45, 7) is 5.59. The summed E-state index contributed by atoms with van der Waals surface area (Å²) in [4.78, 5) is 11.3. The number of nitrogens with two attached hydrogens (primary N) is 1. The normalized spacial score (nSPS) is 10.3. The van der Waals surface area contributed by atoms with Crippen molar-refractivity contribution in [1.29, 1.82) is 0 Å². The van der Waals surface area contributed by atoms with Crippen molar-refractivity contribution in [3.05, 3.63) is 28.8 Å². The van der Waals surface area contributed by atoms with Crippen LogP contribution in [0.25, 0.3) is 0 Å². The van der Waals surface area contributed by atoms with E-state index in [4.69, 9.17) is 22.1 Å². The van der Waals surface area contributed by atoms with Crippen LogP contribution >= 0.6 is 11.6 Å². The van der Waals surface area contributed by atoms with Gasteiger partial charge >= 0.3 is 6.09 Å². The van der Waals surface area contributed by atoms with Crippen molar-refractivity contribution in [1.82, 2.24) is 5.32 Å². The summed E-state index contributed by atoms with van der Waals surface area (Å²) in [5, 5.41) is 3.10. The van der Waals surface area contributed by atoms with E-state index < -0.39 is 11.7 Å². The highest BCUT2D eigenvalue weighted by Crippen LogP contribution is 2.16. The van der Waals surface area contributed by atoms with Gasteiger partial charge in [0.15, 0.2) is 0 Å². The highest BCUT2D eigenvalue weighted by molar-refractivity contribution is 6.30. The van der Waals surface area contributed by atoms with Gasteiger partial charge in [-0.05, 0) is 39.0 Å². The van der Waals surface area contributed by atoms with Gasteiger partial charge < -0.3 is 15.8 Å². The van der Waals surface area contributed by atoms with E-state index in [2.05, 4.69) is 17.2 Å². The van der Waals surface area contributed by atoms with Gasteiger partial charge in [0, 0.05) is 16.3 Å². The number of ether oxygens (including phenoxy) is 1. The maximum atomic E-state index is 11.3. The zero-order chi connectivity index (χ0) is 14.5. The summed E-state index contributed by atoms with van der Waals surface area (Å²) in [6, 6.07) is 5.08. The first-order valence-electron chi connectivity index (χ1n) is 5.79. The summed E-state index contributed by atoms with van der Waals surface area (Å²) in [5.41, 5.74) is 6.42. The summed E-state index contributed by atoms with van der Waals surface area (Å²) in [7, 11) is 0. The quantitative estimate of drug-likeness (QED) is 0.614. The molecule has 0 aliphatic carbocycles. The molecule has 1 aromatic rings. The van der Waals surface area contributed by atoms with E-state index in [1.165, 1.54) is 0 Å². The third kappa shape index (κ3) is 6.03. The Bertz CT molecular complexity index is 524. The standard InChI is InChI=1S/C14H17ClN2O2/c1-14(2,3)19-13(18)17-8-4-5-10-6-7-11(15)9-12(10)16/h6-7,9H,8,16H2,1-3H3,(H,17,18). The lowest BCUT2D eigenvalue weighted by Crippen LogP contribution is -2.32. The molecule has 4 nitrogen and oxygen atoms in total. The van der Waals surface area contributed by atoms with E-state index in [-0.39, 0.29) is 6.54 Å². The lowest BCUT2D eigenvalue weighted by atomic mass is 10.2. The fourth-order valence-electron chi connectivity index (χ4n) is 1.22. The summed E-state index contributed by atoms with van der Waals surface area (Å²) in [5.74, 6) is 5.65. The van der Waals surface area contributed by atoms with Gasteiger partial charge in [-0.25, -0.2) is 4.79 Å². The first kappa shape index (κ1) is 15.2. The van der Waals surface area contributed by atoms with Gasteiger partial charge in [0.2, 0.25) is 0 Å². The molecule has 1 amide bonds. The molecular formula is C14H17ClN2O2. The van der Waals surface area contributed by atoms with Gasteiger partial charge in [0.1, 0.15) is 5.60 Å². The lowest BCUT2D eigenvalue weighted by Gasteiger charge is -2.19. The van der Waals surface area contributed by atoms with Crippen molar-refractivity contribution in [2.24, 2.45) is 0 Å². The fourth-order valence-corrected chi connectivity index (χ4v) is 1.40. The van der Waals surface area contributed by atoms with Crippen LogP contribution in [0.15, 0.2) is 18.2 Å². The molecule has 1 rings (SSSR count). The zero-order valence-corrected chi connectivity index (χ0v) is 12.0. The molecule has 3 N–H and O–H groups in total. The van der Waals surface area contributed by atoms with Gasteiger partial charge in [0.05, 0.1) is 6.54 Å². The molecule has 0 aliphatic rings. The van der Waals surface area contributed by atoms with E-state index in [1.54, 1.807) is 39.0 Å². The minimum Gasteiger partial charge on any atom is -0.444 e. The van der Waals surface area contributed by atoms with Crippen molar-refractivity contribution in [2.75, 3.05) is 12.3 Å². The Morgan fingerprint density at radius 2 is 2.16 bits per heavy atom. The predicted octanol–water partition coefficient (Wildman–Crippen LogP) is 2.80. The highest BCUT2D eigenvalue weighted by Gasteiger charge is 2.14. The number of carbonyl (C=O) groups excluding carboxylic acids is 1. The molecule has 0 fully saturated rings. The highest BCUT2D eigenvalue weighted by atomic mass is 35.5. The third-order valence-corrected chi connectivity index (χ3v) is 2.19. The molecule has 0 saturated heterocycles. The Kier molecular flexibility index (Phi) is 5.08. The number of nitrogens with one attached hydrogen (secondary N) is 1. The summed E-state index contributed by atoms with van der Waals surface area (Å²) >= 11 is 5.78. The first-order valence-corrected chi connectivity index (χ1v) is 6.16. The van der Waals surface area contributed by atoms with Crippen LogP contribution in [0.2, 0.25) is 5.02 Å². The number of carbonyl (C=O) groups is 1. The number of benzene rings is 1. The van der Waals surface area contributed by atoms with Crippen LogP contribution in [-0.4, -0.2) is 18.2 Å². The molecule has 0 radical (unpaired) electrons. The van der Waals surface area contributed by atoms with Crippen LogP contribution in [0.4, 0.5) is 10.5 Å². The van der Waals surface area contributed by atoms with Gasteiger partial charge in [-0.3, -0.25) is 0 Å². The SMILES string of the molecule is CC(C)(C)OC(=O)NCC#Cc1ccc(Cl)cc1N. The van der Waals surface area contributed by atoms with Gasteiger partial charge in [0.25, 0.3) is 0 Å². The molecule has 0 aromatic heterocycles. The molecule has 0 unspecified atom stereocenters. The predicted molar refractivity (Wildman–Crippen MR) is 77.0 cm³/mol. The average Bonchev–Trinajstić information content (AvgIpc) is 2.24. The zero-order valence-electron chi connectivity index (χ0n) is 11.2. The topological polar surface area (TPSA) is 64.3 Å². The molecular weight excluding hydrogens is 264 g/mol. The molecule has 102 valence electrons. The molecule has 0 heterocycles. The number of hydrogen-bond donors (Lipinski definition) is 2. The van der Waals surface area contributed by atoms with Gasteiger partial charge in [-0.1, -0.05) is 23.4 Å². The number of hydrogen-bond acceptors (Lipinski definition) is 3. The molecule has 1 aromatic carbocycles. The second kappa shape index (κ2) is 6.35. The van der Waals surface area contributed by atoms with Crippen molar-refractivity contribution in [3.63, 3.8) is 0 Å². The average molecular weight is 281 g/mol. The third-order valence-electron chi connectivity index (χ3n) is 1.96. The number of alkyl carbamates (subject to hydrolysis) is 1. The maximum absolute atomic E-state index is 11.3. The second-order valence-electron chi connectivity index (χ2n) is 4.89. The van der Waals surface area contributed by atoms with Crippen LogP contribution in [-0.2, 0) is 4.74 Å². The van der Waals surface area contributed by atoms with Crippen LogP contribution < -0.4 is 11.1 Å². The van der Waals surface area contributed by atoms with Crippen molar-refractivity contribution >= 4 is 23.4 Å². The number of anilines is 1. The van der Waals surface area contributed by atoms with Crippen LogP contribution in [0.1, 0.15) is 26.3 Å². The van der Waals surface area contributed by atoms with E-state index in [9.17, 15) is 4.79 Å². The van der Waals surface area contributed by atoms with Crippen molar-refractivity contribution in [3.8, 4) is 11.8 Å². The summed E-state index contributed by atoms with van der Waals surface area (Å²) in [6.07, 6.45) is -0.495. The van der Waals surface area contributed by atoms with Crippen molar-refractivity contribution in [2.45, 2.75) is 26.4 Å². The molecule has 0 saturated carbocycles. The minimum atomic E-state index is -0.516. The van der Waals surface area contributed by atoms with E-state index in [0.29, 0.717) is 16.3 Å². The summed E-state index contributed by atoms with van der Waals surface area (Å²) < 4.78 is 5.07. The van der Waals surface area contributed by atoms with E-state index in [1.807, 2.05) is 0 Å². The van der Waals surface area contributed by atoms with E-state index in [0.717, 1.165) is 0 Å². The molecule has 0 atom stereocenters. The monoisotopic (exact) mass is 280 g/mol. The maximum Gasteiger partial charge on any atom is 0.408 e. The number of amides is 1. The number of nitrogen functional groups attached to an aromatic ring is 1. The van der Waals surface area contributed by atoms with Gasteiger partial charge in [-0.2, -0.15) is 0 Å². The molecule has 5 heteroatoms. The molecule has 0 bridgehead atoms. The number of halogens is 1. The molecule has 0 spiro atoms. The van der Waals surface area contributed by atoms with Crippen LogP contribution in [0.5, 0.6) is 0 Å². The Morgan fingerprint density at radius 1 is 1.47 bits per heavy atom. The largest absolute Gasteiger partial charge is 0.444 e. The smallest absolute Gasteiger partial charge is 0.408 e. The van der Waals surface area contributed by atoms with E-state index >= 15 is 0 Å². The minimum absolute atomic E-state index is 0.191. The van der Waals surface area contributed by atoms with Crippen LogP contribution in [0, 0.1) is 11.8 Å². The van der Waals surface area contributed by atoms with Crippen LogP contribution in [0.3, 0.4) is 0 Å². The van der Waals surface area contributed by atoms with Gasteiger partial charge in [-0.15, -0.1) is 0 Å². The Hall–Kier alpha value is -1.86. The number of rotatable bonds is 1. The Labute approximate surface area is 118 Å². The first-order chi connectivity index (χ1) is 8.78. The Balaban J connectivity index is 2.50. The lowest BCUT2D eigenvalue weighted by molar-refractivity contribution is 0.0535.